The molecule has 2 heteroatoms. The van der Waals surface area contributed by atoms with Crippen LogP contribution >= 0.6 is 0 Å². The first-order valence-corrected chi connectivity index (χ1v) is 8.38. The van der Waals surface area contributed by atoms with E-state index in [-0.39, 0.29) is 0 Å². The van der Waals surface area contributed by atoms with Crippen LogP contribution in [0.3, 0.4) is 0 Å². The topological polar surface area (TPSA) is 24.9 Å². The van der Waals surface area contributed by atoms with Crippen molar-refractivity contribution in [2.24, 2.45) is 29.6 Å². The molecule has 5 rings (SSSR count). The first-order chi connectivity index (χ1) is 10.4. The maximum atomic E-state index is 4.50. The summed E-state index contributed by atoms with van der Waals surface area (Å²) in [7, 11) is 2.13. The van der Waals surface area contributed by atoms with Crippen molar-refractivity contribution in [3.63, 3.8) is 0 Å². The van der Waals surface area contributed by atoms with Crippen molar-refractivity contribution >= 4 is 10.8 Å². The lowest BCUT2D eigenvalue weighted by atomic mass is 9.91. The smallest absolute Gasteiger partial charge is 0.0373 e. The van der Waals surface area contributed by atoms with E-state index in [2.05, 4.69) is 47.8 Å². The SMILES string of the molecule is CNC(c1cncc2ccccc12)C1C2C3CCC(C3)C21. The van der Waals surface area contributed by atoms with E-state index in [4.69, 9.17) is 0 Å². The van der Waals surface area contributed by atoms with E-state index in [9.17, 15) is 0 Å². The van der Waals surface area contributed by atoms with Crippen LogP contribution in [-0.4, -0.2) is 12.0 Å². The maximum absolute atomic E-state index is 4.50. The lowest BCUT2D eigenvalue weighted by Gasteiger charge is -2.21. The number of nitrogens with zero attached hydrogens (tertiary/aromatic N) is 1. The molecular weight excluding hydrogens is 256 g/mol. The number of hydrogen-bond acceptors (Lipinski definition) is 2. The molecule has 108 valence electrons. The molecule has 3 aliphatic rings. The predicted octanol–water partition coefficient (Wildman–Crippen LogP) is 3.79. The van der Waals surface area contributed by atoms with Gasteiger partial charge in [-0.1, -0.05) is 24.3 Å². The van der Waals surface area contributed by atoms with Gasteiger partial charge in [-0.25, -0.2) is 0 Å². The largest absolute Gasteiger partial charge is 0.313 e. The fraction of sp³-hybridized carbons (Fsp3) is 0.526. The number of benzene rings is 1. The van der Waals surface area contributed by atoms with Crippen molar-refractivity contribution in [2.45, 2.75) is 25.3 Å². The number of pyridine rings is 1. The third kappa shape index (κ3) is 1.60. The predicted molar refractivity (Wildman–Crippen MR) is 84.8 cm³/mol. The van der Waals surface area contributed by atoms with Crippen molar-refractivity contribution < 1.29 is 0 Å². The minimum Gasteiger partial charge on any atom is -0.313 e. The van der Waals surface area contributed by atoms with Crippen LogP contribution in [0.1, 0.15) is 30.9 Å². The fourth-order valence-electron chi connectivity index (χ4n) is 5.78. The third-order valence-electron chi connectivity index (χ3n) is 6.52. The molecule has 0 amide bonds. The summed E-state index contributed by atoms with van der Waals surface area (Å²) in [5.74, 6) is 4.92. The molecule has 1 N–H and O–H groups in total. The molecule has 21 heavy (non-hydrogen) atoms. The van der Waals surface area contributed by atoms with Crippen molar-refractivity contribution in [1.82, 2.24) is 10.3 Å². The minimum absolute atomic E-state index is 0.488. The zero-order valence-electron chi connectivity index (χ0n) is 12.5. The molecular formula is C19H22N2. The Kier molecular flexibility index (Phi) is 2.49. The molecule has 0 aliphatic heterocycles. The minimum atomic E-state index is 0.488. The van der Waals surface area contributed by atoms with Gasteiger partial charge in [-0.05, 0) is 66.8 Å². The van der Waals surface area contributed by atoms with E-state index in [0.717, 1.165) is 29.6 Å². The lowest BCUT2D eigenvalue weighted by Crippen LogP contribution is -2.22. The van der Waals surface area contributed by atoms with E-state index < -0.39 is 0 Å². The van der Waals surface area contributed by atoms with Crippen molar-refractivity contribution in [3.8, 4) is 0 Å². The molecule has 1 aromatic carbocycles. The molecule has 1 heterocycles. The molecule has 2 bridgehead atoms. The number of fused-ring (bicyclic) bond motifs is 6. The number of aromatic nitrogens is 1. The van der Waals surface area contributed by atoms with E-state index in [1.165, 1.54) is 35.6 Å². The van der Waals surface area contributed by atoms with Gasteiger partial charge in [-0.2, -0.15) is 0 Å². The molecule has 0 radical (unpaired) electrons. The first-order valence-electron chi connectivity index (χ1n) is 8.38. The van der Waals surface area contributed by atoms with Crippen molar-refractivity contribution in [3.05, 3.63) is 42.2 Å². The standard InChI is InChI=1S/C19H22N2/c1-20-19(18-16-11-6-7-12(8-11)17(16)18)15-10-21-9-13-4-2-3-5-14(13)15/h2-5,9-12,16-20H,6-8H2,1H3. The number of rotatable bonds is 3. The molecule has 1 aromatic heterocycles. The molecule has 0 spiro atoms. The van der Waals surface area contributed by atoms with Gasteiger partial charge >= 0.3 is 0 Å². The summed E-state index contributed by atoms with van der Waals surface area (Å²) in [6, 6.07) is 9.17. The van der Waals surface area contributed by atoms with Gasteiger partial charge in [0.15, 0.2) is 0 Å². The van der Waals surface area contributed by atoms with Gasteiger partial charge in [0.25, 0.3) is 0 Å². The Balaban J connectivity index is 1.56. The quantitative estimate of drug-likeness (QED) is 0.924. The second-order valence-corrected chi connectivity index (χ2v) is 7.28. The summed E-state index contributed by atoms with van der Waals surface area (Å²) in [4.78, 5) is 4.50. The Hall–Kier alpha value is -1.41. The Morgan fingerprint density at radius 3 is 2.62 bits per heavy atom. The van der Waals surface area contributed by atoms with Gasteiger partial charge < -0.3 is 5.32 Å². The second-order valence-electron chi connectivity index (χ2n) is 7.28. The summed E-state index contributed by atoms with van der Waals surface area (Å²) in [6.45, 7) is 0. The number of nitrogens with one attached hydrogen (secondary N) is 1. The van der Waals surface area contributed by atoms with Crippen LogP contribution < -0.4 is 5.32 Å². The molecule has 2 nitrogen and oxygen atoms in total. The van der Waals surface area contributed by atoms with Crippen LogP contribution in [-0.2, 0) is 0 Å². The van der Waals surface area contributed by atoms with Crippen LogP contribution in [0.5, 0.6) is 0 Å². The highest BCUT2D eigenvalue weighted by Crippen LogP contribution is 2.72. The van der Waals surface area contributed by atoms with Gasteiger partial charge in [0.1, 0.15) is 0 Å². The average Bonchev–Trinajstić information content (AvgIpc) is 2.94. The van der Waals surface area contributed by atoms with Crippen LogP contribution in [0, 0.1) is 29.6 Å². The molecule has 3 fully saturated rings. The Bertz CT molecular complexity index is 674. The van der Waals surface area contributed by atoms with Crippen LogP contribution in [0.25, 0.3) is 10.8 Å². The van der Waals surface area contributed by atoms with E-state index >= 15 is 0 Å². The fourth-order valence-corrected chi connectivity index (χ4v) is 5.78. The molecule has 2 aromatic rings. The third-order valence-corrected chi connectivity index (χ3v) is 6.52. The zero-order chi connectivity index (χ0) is 14.0. The Morgan fingerprint density at radius 2 is 1.86 bits per heavy atom. The highest BCUT2D eigenvalue weighted by Gasteiger charge is 2.66. The summed E-state index contributed by atoms with van der Waals surface area (Å²) in [6.07, 6.45) is 8.59. The molecule has 3 saturated carbocycles. The van der Waals surface area contributed by atoms with Crippen molar-refractivity contribution in [2.75, 3.05) is 7.05 Å². The molecule has 3 aliphatic carbocycles. The van der Waals surface area contributed by atoms with Crippen molar-refractivity contribution in [1.29, 1.82) is 0 Å². The van der Waals surface area contributed by atoms with Crippen LogP contribution in [0.2, 0.25) is 0 Å². The summed E-state index contributed by atoms with van der Waals surface area (Å²) in [5, 5.41) is 6.28. The van der Waals surface area contributed by atoms with E-state index in [1.807, 2.05) is 6.20 Å². The van der Waals surface area contributed by atoms with Gasteiger partial charge in [-0.3, -0.25) is 4.98 Å². The average molecular weight is 278 g/mol. The van der Waals surface area contributed by atoms with Gasteiger partial charge in [0.2, 0.25) is 0 Å². The summed E-state index contributed by atoms with van der Waals surface area (Å²) < 4.78 is 0. The first kappa shape index (κ1) is 12.2. The Morgan fingerprint density at radius 1 is 1.10 bits per heavy atom. The molecule has 0 saturated heterocycles. The Labute approximate surface area is 126 Å². The van der Waals surface area contributed by atoms with Gasteiger partial charge in [-0.15, -0.1) is 0 Å². The second kappa shape index (κ2) is 4.30. The summed E-state index contributed by atoms with van der Waals surface area (Å²) in [5.41, 5.74) is 1.41. The van der Waals surface area contributed by atoms with Gasteiger partial charge in [0, 0.05) is 23.8 Å². The summed E-state index contributed by atoms with van der Waals surface area (Å²) >= 11 is 0. The maximum Gasteiger partial charge on any atom is 0.0373 e. The van der Waals surface area contributed by atoms with Gasteiger partial charge in [0.05, 0.1) is 0 Å². The van der Waals surface area contributed by atoms with E-state index in [1.54, 1.807) is 0 Å². The van der Waals surface area contributed by atoms with Crippen LogP contribution in [0.15, 0.2) is 36.7 Å². The highest BCUT2D eigenvalue weighted by atomic mass is 14.9. The van der Waals surface area contributed by atoms with Crippen LogP contribution in [0.4, 0.5) is 0 Å². The number of hydrogen-bond donors (Lipinski definition) is 1. The zero-order valence-corrected chi connectivity index (χ0v) is 12.5. The lowest BCUT2D eigenvalue weighted by molar-refractivity contribution is 0.386. The molecule has 5 atom stereocenters. The highest BCUT2D eigenvalue weighted by molar-refractivity contribution is 5.85. The van der Waals surface area contributed by atoms with E-state index in [0.29, 0.717) is 6.04 Å². The molecule has 5 unspecified atom stereocenters. The monoisotopic (exact) mass is 278 g/mol. The normalized spacial score (nSPS) is 37.7.